The molecule has 2 aromatic heterocycles. The highest BCUT2D eigenvalue weighted by atomic mass is 32.2. The third kappa shape index (κ3) is 4.07. The van der Waals surface area contributed by atoms with E-state index in [1.165, 1.54) is 34.9 Å². The van der Waals surface area contributed by atoms with Crippen molar-refractivity contribution in [3.8, 4) is 17.0 Å². The minimum atomic E-state index is -3.79. The van der Waals surface area contributed by atoms with E-state index in [1.54, 1.807) is 24.5 Å². The van der Waals surface area contributed by atoms with Crippen LogP contribution in [0.3, 0.4) is 0 Å². The van der Waals surface area contributed by atoms with E-state index < -0.39 is 16.1 Å². The first kappa shape index (κ1) is 20.5. The number of carbonyl (C=O) groups excluding carboxylic acids is 1. The van der Waals surface area contributed by atoms with Gasteiger partial charge in [-0.1, -0.05) is 0 Å². The second-order valence-electron chi connectivity index (χ2n) is 6.71. The number of sulfonamides is 1. The fourth-order valence-corrected chi connectivity index (χ4v) is 5.73. The van der Waals surface area contributed by atoms with E-state index in [4.69, 9.17) is 4.74 Å². The number of anilines is 1. The molecule has 1 atom stereocenters. The lowest BCUT2D eigenvalue weighted by Gasteiger charge is -2.23. The van der Waals surface area contributed by atoms with Gasteiger partial charge < -0.3 is 10.1 Å². The summed E-state index contributed by atoms with van der Waals surface area (Å²) in [5.74, 6) is 0.193. The summed E-state index contributed by atoms with van der Waals surface area (Å²) in [6.45, 7) is 0.298. The molecule has 8 nitrogen and oxygen atoms in total. The molecule has 1 saturated heterocycles. The van der Waals surface area contributed by atoms with Crippen molar-refractivity contribution in [1.82, 2.24) is 14.3 Å². The minimum absolute atomic E-state index is 0.136. The van der Waals surface area contributed by atoms with Gasteiger partial charge in [-0.3, -0.25) is 9.78 Å². The zero-order valence-electron chi connectivity index (χ0n) is 16.2. The van der Waals surface area contributed by atoms with Crippen molar-refractivity contribution in [2.45, 2.75) is 23.8 Å². The Balaban J connectivity index is 1.50. The van der Waals surface area contributed by atoms with E-state index in [-0.39, 0.29) is 10.8 Å². The third-order valence-corrected chi connectivity index (χ3v) is 7.56. The monoisotopic (exact) mass is 444 g/mol. The Bertz CT molecular complexity index is 1130. The second-order valence-corrected chi connectivity index (χ2v) is 9.46. The van der Waals surface area contributed by atoms with Crippen LogP contribution >= 0.6 is 11.3 Å². The predicted octanol–water partition coefficient (Wildman–Crippen LogP) is 3.01. The molecular formula is C20H20N4O4S2. The molecule has 3 heterocycles. The van der Waals surface area contributed by atoms with Gasteiger partial charge in [-0.15, -0.1) is 11.3 Å². The number of rotatable bonds is 6. The maximum absolute atomic E-state index is 13.1. The molecule has 0 radical (unpaired) electrons. The fraction of sp³-hybridized carbons (Fsp3) is 0.250. The summed E-state index contributed by atoms with van der Waals surface area (Å²) in [7, 11) is -2.28. The Labute approximate surface area is 178 Å². The number of aromatic nitrogens is 2. The SMILES string of the molecule is COc1ccc(S(=O)(=O)N2CCCC2C(=O)Nc2nc(-c3ccncc3)cs2)cc1. The number of amides is 1. The fourth-order valence-electron chi connectivity index (χ4n) is 3.35. The second kappa shape index (κ2) is 8.50. The highest BCUT2D eigenvalue weighted by Gasteiger charge is 2.39. The molecule has 3 aromatic rings. The van der Waals surface area contributed by atoms with Crippen LogP contribution in [0.25, 0.3) is 11.3 Å². The Morgan fingerprint density at radius 3 is 2.63 bits per heavy atom. The number of methoxy groups -OCH3 is 1. The van der Waals surface area contributed by atoms with E-state index >= 15 is 0 Å². The number of nitrogens with zero attached hydrogens (tertiary/aromatic N) is 3. The predicted molar refractivity (Wildman–Crippen MR) is 114 cm³/mol. The number of hydrogen-bond acceptors (Lipinski definition) is 7. The van der Waals surface area contributed by atoms with Gasteiger partial charge in [0.2, 0.25) is 15.9 Å². The van der Waals surface area contributed by atoms with Crippen molar-refractivity contribution in [2.75, 3.05) is 19.0 Å². The van der Waals surface area contributed by atoms with E-state index in [0.29, 0.717) is 30.3 Å². The van der Waals surface area contributed by atoms with Crippen LogP contribution in [0.5, 0.6) is 5.75 Å². The van der Waals surface area contributed by atoms with Crippen LogP contribution in [0.1, 0.15) is 12.8 Å². The normalized spacial score (nSPS) is 17.0. The minimum Gasteiger partial charge on any atom is -0.497 e. The molecule has 1 fully saturated rings. The quantitative estimate of drug-likeness (QED) is 0.627. The highest BCUT2D eigenvalue weighted by Crippen LogP contribution is 2.29. The molecule has 1 aromatic carbocycles. The number of nitrogens with one attached hydrogen (secondary N) is 1. The lowest BCUT2D eigenvalue weighted by Crippen LogP contribution is -2.43. The summed E-state index contributed by atoms with van der Waals surface area (Å²) >= 11 is 1.30. The summed E-state index contributed by atoms with van der Waals surface area (Å²) in [5, 5.41) is 5.04. The van der Waals surface area contributed by atoms with Crippen LogP contribution in [0.15, 0.2) is 59.1 Å². The zero-order chi connectivity index (χ0) is 21.1. The van der Waals surface area contributed by atoms with Gasteiger partial charge in [-0.2, -0.15) is 4.31 Å². The Morgan fingerprint density at radius 1 is 1.20 bits per heavy atom. The summed E-state index contributed by atoms with van der Waals surface area (Å²) < 4.78 is 32.5. The Hall–Kier alpha value is -2.82. The molecule has 10 heteroatoms. The van der Waals surface area contributed by atoms with Crippen LogP contribution < -0.4 is 10.1 Å². The summed E-state index contributed by atoms with van der Waals surface area (Å²) in [6.07, 6.45) is 4.43. The number of pyridine rings is 1. The summed E-state index contributed by atoms with van der Waals surface area (Å²) in [6, 6.07) is 9.06. The van der Waals surface area contributed by atoms with Crippen LogP contribution in [0, 0.1) is 0 Å². The van der Waals surface area contributed by atoms with E-state index in [0.717, 1.165) is 11.3 Å². The molecule has 1 aliphatic rings. The molecule has 0 bridgehead atoms. The zero-order valence-corrected chi connectivity index (χ0v) is 17.8. The van der Waals surface area contributed by atoms with Crippen LogP contribution in [-0.2, 0) is 14.8 Å². The van der Waals surface area contributed by atoms with E-state index in [9.17, 15) is 13.2 Å². The van der Waals surface area contributed by atoms with Crippen molar-refractivity contribution in [3.63, 3.8) is 0 Å². The van der Waals surface area contributed by atoms with E-state index in [1.807, 2.05) is 17.5 Å². The first-order valence-electron chi connectivity index (χ1n) is 9.32. The molecule has 1 amide bonds. The molecule has 0 saturated carbocycles. The Morgan fingerprint density at radius 2 is 1.93 bits per heavy atom. The topological polar surface area (TPSA) is 101 Å². The van der Waals surface area contributed by atoms with Gasteiger partial charge in [-0.25, -0.2) is 13.4 Å². The molecule has 1 unspecified atom stereocenters. The smallest absolute Gasteiger partial charge is 0.244 e. The van der Waals surface area contributed by atoms with Gasteiger partial charge in [0.05, 0.1) is 17.7 Å². The molecule has 156 valence electrons. The number of hydrogen-bond donors (Lipinski definition) is 1. The van der Waals surface area contributed by atoms with Crippen molar-refractivity contribution in [3.05, 3.63) is 54.2 Å². The average Bonchev–Trinajstić information content (AvgIpc) is 3.45. The Kier molecular flexibility index (Phi) is 5.80. The summed E-state index contributed by atoms with van der Waals surface area (Å²) in [4.78, 5) is 21.4. The average molecular weight is 445 g/mol. The van der Waals surface area contributed by atoms with Crippen LogP contribution in [0.2, 0.25) is 0 Å². The number of benzene rings is 1. The molecule has 30 heavy (non-hydrogen) atoms. The lowest BCUT2D eigenvalue weighted by molar-refractivity contribution is -0.119. The first-order chi connectivity index (χ1) is 14.5. The molecule has 0 aliphatic carbocycles. The number of ether oxygens (including phenoxy) is 1. The molecule has 1 aliphatic heterocycles. The molecular weight excluding hydrogens is 424 g/mol. The third-order valence-electron chi connectivity index (χ3n) is 4.88. The van der Waals surface area contributed by atoms with E-state index in [2.05, 4.69) is 15.3 Å². The first-order valence-corrected chi connectivity index (χ1v) is 11.6. The standard InChI is InChI=1S/C20H20N4O4S2/c1-28-15-4-6-16(7-5-15)30(26,27)24-12-2-3-18(24)19(25)23-20-22-17(13-29-20)14-8-10-21-11-9-14/h4-11,13,18H,2-3,12H2,1H3,(H,22,23,25). The van der Waals surface area contributed by atoms with Gasteiger partial charge in [-0.05, 0) is 49.2 Å². The summed E-state index contributed by atoms with van der Waals surface area (Å²) in [5.41, 5.74) is 1.62. The van der Waals surface area contributed by atoms with Gasteiger partial charge in [0.15, 0.2) is 5.13 Å². The lowest BCUT2D eigenvalue weighted by atomic mass is 10.2. The van der Waals surface area contributed by atoms with Crippen molar-refractivity contribution in [1.29, 1.82) is 0 Å². The molecule has 4 rings (SSSR count). The highest BCUT2D eigenvalue weighted by molar-refractivity contribution is 7.89. The van der Waals surface area contributed by atoms with Crippen molar-refractivity contribution in [2.24, 2.45) is 0 Å². The molecule has 0 spiro atoms. The largest absolute Gasteiger partial charge is 0.497 e. The van der Waals surface area contributed by atoms with Crippen LogP contribution in [-0.4, -0.2) is 48.3 Å². The number of thiazole rings is 1. The van der Waals surface area contributed by atoms with Crippen LogP contribution in [0.4, 0.5) is 5.13 Å². The van der Waals surface area contributed by atoms with Crippen molar-refractivity contribution < 1.29 is 17.9 Å². The van der Waals surface area contributed by atoms with Crippen molar-refractivity contribution >= 4 is 32.4 Å². The molecule has 1 N–H and O–H groups in total. The number of carbonyl (C=O) groups is 1. The van der Waals surface area contributed by atoms with Gasteiger partial charge in [0, 0.05) is 29.9 Å². The van der Waals surface area contributed by atoms with Gasteiger partial charge >= 0.3 is 0 Å². The van der Waals surface area contributed by atoms with Gasteiger partial charge in [0.25, 0.3) is 0 Å². The maximum atomic E-state index is 13.1. The van der Waals surface area contributed by atoms with Gasteiger partial charge in [0.1, 0.15) is 11.8 Å². The maximum Gasteiger partial charge on any atom is 0.244 e.